The van der Waals surface area contributed by atoms with Crippen molar-refractivity contribution in [2.75, 3.05) is 27.4 Å². The van der Waals surface area contributed by atoms with Crippen molar-refractivity contribution < 1.29 is 19.2 Å². The van der Waals surface area contributed by atoms with E-state index in [1.54, 1.807) is 20.1 Å². The van der Waals surface area contributed by atoms with Gasteiger partial charge in [-0.05, 0) is 19.0 Å². The smallest absolute Gasteiger partial charge is 0.280 e. The molecule has 0 N–H and O–H groups in total. The zero-order valence-electron chi connectivity index (χ0n) is 15.2. The summed E-state index contributed by atoms with van der Waals surface area (Å²) in [6.07, 6.45) is 1.61. The lowest BCUT2D eigenvalue weighted by molar-refractivity contribution is 0.0672. The van der Waals surface area contributed by atoms with E-state index in [0.29, 0.717) is 30.3 Å². The Morgan fingerprint density at radius 2 is 1.85 bits per heavy atom. The maximum absolute atomic E-state index is 5.52. The fourth-order valence-corrected chi connectivity index (χ4v) is 1.99. The number of rotatable bonds is 7. The van der Waals surface area contributed by atoms with Gasteiger partial charge in [-0.2, -0.15) is 10.2 Å². The van der Waals surface area contributed by atoms with Crippen LogP contribution >= 0.6 is 0 Å². The van der Waals surface area contributed by atoms with E-state index in [-0.39, 0.29) is 5.90 Å². The quantitative estimate of drug-likeness (QED) is 0.550. The van der Waals surface area contributed by atoms with Crippen molar-refractivity contribution in [3.8, 4) is 0 Å². The van der Waals surface area contributed by atoms with Crippen LogP contribution in [0.2, 0.25) is 0 Å². The van der Waals surface area contributed by atoms with E-state index < -0.39 is 0 Å². The van der Waals surface area contributed by atoms with Gasteiger partial charge >= 0.3 is 0 Å². The summed E-state index contributed by atoms with van der Waals surface area (Å²) in [5.41, 5.74) is 3.17. The predicted octanol–water partition coefficient (Wildman–Crippen LogP) is 2.21. The number of ether oxygens (including phenoxy) is 1. The molecule has 1 aromatic carbocycles. The van der Waals surface area contributed by atoms with Crippen LogP contribution in [0, 0.1) is 0 Å². The summed E-state index contributed by atoms with van der Waals surface area (Å²) in [6, 6.07) is 7.47. The normalized spacial score (nSPS) is 16.0. The van der Waals surface area contributed by atoms with Crippen molar-refractivity contribution in [3.05, 3.63) is 35.4 Å². The molecule has 9 heteroatoms. The van der Waals surface area contributed by atoms with Gasteiger partial charge in [0.1, 0.15) is 20.8 Å². The van der Waals surface area contributed by atoms with Crippen molar-refractivity contribution in [2.24, 2.45) is 25.7 Å². The molecule has 0 unspecified atom stereocenters. The molecule has 9 nitrogen and oxygen atoms in total. The summed E-state index contributed by atoms with van der Waals surface area (Å²) < 4.78 is 5.52. The molecule has 0 radical (unpaired) electrons. The van der Waals surface area contributed by atoms with Crippen molar-refractivity contribution in [1.29, 1.82) is 0 Å². The Bertz CT molecular complexity index is 768. The highest BCUT2D eigenvalue weighted by atomic mass is 16.7. The molecule has 1 aliphatic rings. The SMILES string of the molecule is CO/N=C(C)/C(C)=N/N=C/c1ccccc1/C(=N\OC)C1=NOCCO1. The molecule has 1 aliphatic heterocycles. The van der Waals surface area contributed by atoms with E-state index in [1.807, 2.05) is 24.3 Å². The lowest BCUT2D eigenvalue weighted by Gasteiger charge is -2.15. The van der Waals surface area contributed by atoms with Gasteiger partial charge in [-0.15, -0.1) is 0 Å². The van der Waals surface area contributed by atoms with E-state index in [2.05, 4.69) is 25.7 Å². The van der Waals surface area contributed by atoms with E-state index in [9.17, 15) is 0 Å². The molecular weight excluding hydrogens is 338 g/mol. The van der Waals surface area contributed by atoms with Crippen molar-refractivity contribution in [2.45, 2.75) is 13.8 Å². The molecule has 0 amide bonds. The van der Waals surface area contributed by atoms with Crippen LogP contribution in [0.15, 0.2) is 49.9 Å². The molecule has 0 aliphatic carbocycles. The Kier molecular flexibility index (Phi) is 7.29. The topological polar surface area (TPSA) is 98.7 Å². The van der Waals surface area contributed by atoms with Crippen LogP contribution in [0.3, 0.4) is 0 Å². The third-order valence-electron chi connectivity index (χ3n) is 3.32. The van der Waals surface area contributed by atoms with Gasteiger partial charge in [0, 0.05) is 11.1 Å². The maximum Gasteiger partial charge on any atom is 0.280 e. The summed E-state index contributed by atoms with van der Waals surface area (Å²) in [6.45, 7) is 4.36. The number of hydrogen-bond donors (Lipinski definition) is 0. The molecule has 2 rings (SSSR count). The van der Waals surface area contributed by atoms with Gasteiger partial charge in [-0.3, -0.25) is 0 Å². The molecule has 0 spiro atoms. The molecule has 0 atom stereocenters. The zero-order valence-corrected chi connectivity index (χ0v) is 15.2. The molecule has 0 bridgehead atoms. The van der Waals surface area contributed by atoms with Gasteiger partial charge in [-0.1, -0.05) is 34.6 Å². The zero-order chi connectivity index (χ0) is 18.8. The Balaban J connectivity index is 2.33. The lowest BCUT2D eigenvalue weighted by Crippen LogP contribution is -2.26. The Morgan fingerprint density at radius 3 is 2.54 bits per heavy atom. The van der Waals surface area contributed by atoms with Crippen LogP contribution in [0.25, 0.3) is 0 Å². The van der Waals surface area contributed by atoms with Crippen LogP contribution in [0.5, 0.6) is 0 Å². The second-order valence-corrected chi connectivity index (χ2v) is 5.08. The predicted molar refractivity (Wildman–Crippen MR) is 100 cm³/mol. The average molecular weight is 359 g/mol. The van der Waals surface area contributed by atoms with Crippen LogP contribution in [-0.2, 0) is 19.2 Å². The second-order valence-electron chi connectivity index (χ2n) is 5.08. The number of hydrogen-bond acceptors (Lipinski definition) is 9. The molecule has 0 fully saturated rings. The summed E-state index contributed by atoms with van der Waals surface area (Å²) >= 11 is 0. The monoisotopic (exact) mass is 359 g/mol. The maximum atomic E-state index is 5.52. The first-order valence-electron chi connectivity index (χ1n) is 7.86. The van der Waals surface area contributed by atoms with Crippen LogP contribution in [-0.4, -0.2) is 56.7 Å². The van der Waals surface area contributed by atoms with Gasteiger partial charge in [0.15, 0.2) is 12.3 Å². The highest BCUT2D eigenvalue weighted by Gasteiger charge is 2.20. The van der Waals surface area contributed by atoms with E-state index in [1.165, 1.54) is 14.2 Å². The van der Waals surface area contributed by atoms with Crippen molar-refractivity contribution in [3.63, 3.8) is 0 Å². The third kappa shape index (κ3) is 5.13. The minimum Gasteiger partial charge on any atom is -0.470 e. The summed E-state index contributed by atoms with van der Waals surface area (Å²) in [5, 5.41) is 20.0. The molecule has 0 saturated carbocycles. The third-order valence-corrected chi connectivity index (χ3v) is 3.32. The summed E-state index contributed by atoms with van der Waals surface area (Å²) in [5.74, 6) is 0.252. The van der Waals surface area contributed by atoms with Gasteiger partial charge in [-0.25, -0.2) is 0 Å². The molecule has 0 aromatic heterocycles. The average Bonchev–Trinajstić information content (AvgIpc) is 2.67. The molecule has 26 heavy (non-hydrogen) atoms. The summed E-state index contributed by atoms with van der Waals surface area (Å²) in [4.78, 5) is 14.7. The van der Waals surface area contributed by atoms with Crippen LogP contribution in [0.4, 0.5) is 0 Å². The van der Waals surface area contributed by atoms with E-state index >= 15 is 0 Å². The molecular formula is C17H21N5O4. The Labute approximate surface area is 151 Å². The lowest BCUT2D eigenvalue weighted by atomic mass is 10.0. The van der Waals surface area contributed by atoms with Gasteiger partial charge in [0.25, 0.3) is 5.90 Å². The highest BCUT2D eigenvalue weighted by Crippen LogP contribution is 2.12. The van der Waals surface area contributed by atoms with Crippen molar-refractivity contribution >= 4 is 29.2 Å². The van der Waals surface area contributed by atoms with Crippen molar-refractivity contribution in [1.82, 2.24) is 0 Å². The van der Waals surface area contributed by atoms with Gasteiger partial charge in [0.05, 0.1) is 17.6 Å². The minimum absolute atomic E-state index is 0.252. The first-order valence-corrected chi connectivity index (χ1v) is 7.86. The molecule has 1 aromatic rings. The van der Waals surface area contributed by atoms with E-state index in [0.717, 1.165) is 11.1 Å². The Morgan fingerprint density at radius 1 is 1.08 bits per heavy atom. The number of nitrogens with zero attached hydrogens (tertiary/aromatic N) is 5. The number of oxime groups is 3. The number of benzene rings is 1. The van der Waals surface area contributed by atoms with Gasteiger partial charge < -0.3 is 19.2 Å². The molecule has 138 valence electrons. The van der Waals surface area contributed by atoms with Crippen LogP contribution in [0.1, 0.15) is 25.0 Å². The first kappa shape index (κ1) is 19.1. The first-order chi connectivity index (χ1) is 12.7. The van der Waals surface area contributed by atoms with Crippen LogP contribution < -0.4 is 0 Å². The standard InChI is InChI=1S/C17H21N5O4/c1-12(13(2)20-23-3)19-18-11-14-7-5-6-8-15(14)16(21-24-4)17-22-26-10-9-25-17/h5-8,11H,9-10H2,1-4H3/b18-11+,19-12+,20-13+,21-16+. The summed E-state index contributed by atoms with van der Waals surface area (Å²) in [7, 11) is 2.93. The second kappa shape index (κ2) is 9.92. The largest absolute Gasteiger partial charge is 0.470 e. The molecule has 0 saturated heterocycles. The van der Waals surface area contributed by atoms with E-state index in [4.69, 9.17) is 19.2 Å². The fourth-order valence-electron chi connectivity index (χ4n) is 1.99. The Hall–Kier alpha value is -3.23. The van der Waals surface area contributed by atoms with Gasteiger partial charge in [0.2, 0.25) is 0 Å². The molecule has 1 heterocycles. The minimum atomic E-state index is 0.252. The highest BCUT2D eigenvalue weighted by molar-refractivity contribution is 6.46. The fraction of sp³-hybridized carbons (Fsp3) is 0.353.